The Kier molecular flexibility index (Phi) is 4.52. The van der Waals surface area contributed by atoms with Gasteiger partial charge in [-0.15, -0.1) is 0 Å². The molecule has 20 heavy (non-hydrogen) atoms. The van der Waals surface area contributed by atoms with Crippen LogP contribution in [0.3, 0.4) is 0 Å². The van der Waals surface area contributed by atoms with Crippen LogP contribution in [0.25, 0.3) is 0 Å². The summed E-state index contributed by atoms with van der Waals surface area (Å²) in [5.74, 6) is 2.81. The lowest BCUT2D eigenvalue weighted by atomic mass is 9.83. The van der Waals surface area contributed by atoms with Crippen LogP contribution >= 0.6 is 11.6 Å². The van der Waals surface area contributed by atoms with E-state index >= 15 is 0 Å². The Hall–Kier alpha value is -0.730. The van der Waals surface area contributed by atoms with Gasteiger partial charge in [-0.1, -0.05) is 31.4 Å². The molecule has 2 nitrogen and oxygen atoms in total. The number of fused-ring (bicyclic) bond motifs is 1. The van der Waals surface area contributed by atoms with Crippen LogP contribution in [0, 0.1) is 11.8 Å². The molecule has 3 rings (SSSR count). The van der Waals surface area contributed by atoms with Gasteiger partial charge in [-0.05, 0) is 55.0 Å². The summed E-state index contributed by atoms with van der Waals surface area (Å²) in [7, 11) is 0. The van der Waals surface area contributed by atoms with Crippen LogP contribution in [-0.4, -0.2) is 19.2 Å². The molecule has 1 saturated carbocycles. The molecule has 0 spiro atoms. The van der Waals surface area contributed by atoms with Crippen molar-refractivity contribution in [2.24, 2.45) is 11.8 Å². The van der Waals surface area contributed by atoms with Crippen LogP contribution < -0.4 is 10.1 Å². The monoisotopic (exact) mass is 293 g/mol. The standard InChI is InChI=1S/C17H24ClNO/c1-12-2-4-13(5-3-12)10-19-11-16-9-14-8-15(18)6-7-17(14)20-16/h6-8,12-13,16,19H,2-5,9-11H2,1H3. The molecule has 1 atom stereocenters. The van der Waals surface area contributed by atoms with E-state index in [-0.39, 0.29) is 6.10 Å². The summed E-state index contributed by atoms with van der Waals surface area (Å²) in [6.45, 7) is 4.46. The summed E-state index contributed by atoms with van der Waals surface area (Å²) in [5.41, 5.74) is 1.25. The fraction of sp³-hybridized carbons (Fsp3) is 0.647. The molecular weight excluding hydrogens is 270 g/mol. The van der Waals surface area contributed by atoms with Gasteiger partial charge in [0.05, 0.1) is 0 Å². The Balaban J connectivity index is 1.40. The van der Waals surface area contributed by atoms with Crippen molar-refractivity contribution in [3.63, 3.8) is 0 Å². The molecule has 1 aromatic carbocycles. The van der Waals surface area contributed by atoms with Crippen molar-refractivity contribution < 1.29 is 4.74 Å². The highest BCUT2D eigenvalue weighted by Crippen LogP contribution is 2.31. The largest absolute Gasteiger partial charge is 0.488 e. The van der Waals surface area contributed by atoms with Gasteiger partial charge in [-0.25, -0.2) is 0 Å². The molecule has 1 aliphatic heterocycles. The number of halogens is 1. The number of hydrogen-bond donors (Lipinski definition) is 1. The molecule has 0 bridgehead atoms. The number of rotatable bonds is 4. The summed E-state index contributed by atoms with van der Waals surface area (Å²) >= 11 is 6.02. The van der Waals surface area contributed by atoms with Crippen molar-refractivity contribution in [2.45, 2.75) is 45.1 Å². The van der Waals surface area contributed by atoms with E-state index in [2.05, 4.69) is 12.2 Å². The second-order valence-corrected chi connectivity index (χ2v) is 6.92. The van der Waals surface area contributed by atoms with Crippen molar-refractivity contribution in [2.75, 3.05) is 13.1 Å². The highest BCUT2D eigenvalue weighted by molar-refractivity contribution is 6.30. The Morgan fingerprint density at radius 3 is 2.80 bits per heavy atom. The van der Waals surface area contributed by atoms with Gasteiger partial charge in [0.2, 0.25) is 0 Å². The lowest BCUT2D eigenvalue weighted by Crippen LogP contribution is -2.34. The normalized spacial score (nSPS) is 29.0. The van der Waals surface area contributed by atoms with Gasteiger partial charge in [0.1, 0.15) is 11.9 Å². The fourth-order valence-corrected chi connectivity index (χ4v) is 3.58. The molecule has 0 aromatic heterocycles. The maximum Gasteiger partial charge on any atom is 0.123 e. The second-order valence-electron chi connectivity index (χ2n) is 6.48. The van der Waals surface area contributed by atoms with Crippen molar-refractivity contribution in [3.05, 3.63) is 28.8 Å². The Morgan fingerprint density at radius 2 is 2.00 bits per heavy atom. The smallest absolute Gasteiger partial charge is 0.123 e. The first-order valence-electron chi connectivity index (χ1n) is 7.86. The molecule has 3 heteroatoms. The molecule has 1 aromatic rings. The highest BCUT2D eigenvalue weighted by Gasteiger charge is 2.23. The number of benzene rings is 1. The predicted molar refractivity (Wildman–Crippen MR) is 83.6 cm³/mol. The molecule has 1 N–H and O–H groups in total. The van der Waals surface area contributed by atoms with E-state index in [1.807, 2.05) is 18.2 Å². The summed E-state index contributed by atoms with van der Waals surface area (Å²) in [5, 5.41) is 4.41. The van der Waals surface area contributed by atoms with Crippen LogP contribution in [0.2, 0.25) is 5.02 Å². The first kappa shape index (κ1) is 14.2. The second kappa shape index (κ2) is 6.36. The predicted octanol–water partition coefficient (Wildman–Crippen LogP) is 4.06. The van der Waals surface area contributed by atoms with E-state index in [9.17, 15) is 0 Å². The lowest BCUT2D eigenvalue weighted by Gasteiger charge is -2.26. The van der Waals surface area contributed by atoms with Crippen molar-refractivity contribution in [3.8, 4) is 5.75 Å². The fourth-order valence-electron chi connectivity index (χ4n) is 3.38. The van der Waals surface area contributed by atoms with Gasteiger partial charge >= 0.3 is 0 Å². The molecule has 0 saturated heterocycles. The van der Waals surface area contributed by atoms with E-state index in [1.165, 1.54) is 31.2 Å². The molecule has 1 fully saturated rings. The third-order valence-electron chi connectivity index (χ3n) is 4.70. The van der Waals surface area contributed by atoms with Crippen LogP contribution in [0.1, 0.15) is 38.2 Å². The minimum atomic E-state index is 0.269. The van der Waals surface area contributed by atoms with Crippen molar-refractivity contribution >= 4 is 11.6 Å². The maximum absolute atomic E-state index is 6.02. The average Bonchev–Trinajstić information content (AvgIpc) is 2.83. The third kappa shape index (κ3) is 3.48. The molecule has 2 aliphatic rings. The Bertz CT molecular complexity index is 454. The summed E-state index contributed by atoms with van der Waals surface area (Å²) in [6, 6.07) is 5.92. The van der Waals surface area contributed by atoms with Crippen LogP contribution in [-0.2, 0) is 6.42 Å². The van der Waals surface area contributed by atoms with E-state index in [0.29, 0.717) is 0 Å². The molecule has 1 heterocycles. The summed E-state index contributed by atoms with van der Waals surface area (Å²) in [4.78, 5) is 0. The van der Waals surface area contributed by atoms with E-state index in [1.54, 1.807) is 0 Å². The quantitative estimate of drug-likeness (QED) is 0.904. The van der Waals surface area contributed by atoms with Crippen LogP contribution in [0.4, 0.5) is 0 Å². The van der Waals surface area contributed by atoms with Crippen molar-refractivity contribution in [1.82, 2.24) is 5.32 Å². The van der Waals surface area contributed by atoms with Gasteiger partial charge in [0.15, 0.2) is 0 Å². The minimum Gasteiger partial charge on any atom is -0.488 e. The van der Waals surface area contributed by atoms with Gasteiger partial charge in [0.25, 0.3) is 0 Å². The third-order valence-corrected chi connectivity index (χ3v) is 4.94. The number of hydrogen-bond acceptors (Lipinski definition) is 2. The van der Waals surface area contributed by atoms with E-state index < -0.39 is 0 Å². The van der Waals surface area contributed by atoms with Crippen LogP contribution in [0.5, 0.6) is 5.75 Å². The lowest BCUT2D eigenvalue weighted by molar-refractivity contribution is 0.216. The number of nitrogens with one attached hydrogen (secondary N) is 1. The van der Waals surface area contributed by atoms with Gasteiger partial charge in [-0.3, -0.25) is 0 Å². The first-order chi connectivity index (χ1) is 9.70. The summed E-state index contributed by atoms with van der Waals surface area (Å²) in [6.07, 6.45) is 6.81. The van der Waals surface area contributed by atoms with Gasteiger partial charge < -0.3 is 10.1 Å². The zero-order valence-electron chi connectivity index (χ0n) is 12.2. The van der Waals surface area contributed by atoms with Gasteiger partial charge in [-0.2, -0.15) is 0 Å². The molecule has 0 radical (unpaired) electrons. The minimum absolute atomic E-state index is 0.269. The molecule has 0 amide bonds. The van der Waals surface area contributed by atoms with Gasteiger partial charge in [0, 0.05) is 18.0 Å². The number of ether oxygens (including phenoxy) is 1. The first-order valence-corrected chi connectivity index (χ1v) is 8.24. The van der Waals surface area contributed by atoms with Crippen molar-refractivity contribution in [1.29, 1.82) is 0 Å². The Labute approximate surface area is 126 Å². The Morgan fingerprint density at radius 1 is 1.20 bits per heavy atom. The average molecular weight is 294 g/mol. The zero-order chi connectivity index (χ0) is 13.9. The topological polar surface area (TPSA) is 21.3 Å². The van der Waals surface area contributed by atoms with E-state index in [0.717, 1.165) is 42.1 Å². The molecule has 110 valence electrons. The van der Waals surface area contributed by atoms with E-state index in [4.69, 9.17) is 16.3 Å². The molecule has 1 unspecified atom stereocenters. The highest BCUT2D eigenvalue weighted by atomic mass is 35.5. The summed E-state index contributed by atoms with van der Waals surface area (Å²) < 4.78 is 5.95. The maximum atomic E-state index is 6.02. The van der Waals surface area contributed by atoms with Crippen LogP contribution in [0.15, 0.2) is 18.2 Å². The molecular formula is C17H24ClNO. The zero-order valence-corrected chi connectivity index (χ0v) is 13.0. The SMILES string of the molecule is CC1CCC(CNCC2Cc3cc(Cl)ccc3O2)CC1. The molecule has 1 aliphatic carbocycles.